The maximum Gasteiger partial charge on any atom is 0.255 e. The van der Waals surface area contributed by atoms with E-state index in [1.165, 1.54) is 23.0 Å². The molecule has 6 N–H and O–H groups in total. The molecule has 0 bridgehead atoms. The summed E-state index contributed by atoms with van der Waals surface area (Å²) in [5.41, 5.74) is 4.59. The van der Waals surface area contributed by atoms with Crippen LogP contribution in [0.4, 0.5) is 0 Å². The van der Waals surface area contributed by atoms with Crippen LogP contribution in [-0.2, 0) is 17.4 Å². The number of piperidine rings is 1. The minimum atomic E-state index is -2.09. The smallest absolute Gasteiger partial charge is 0.255 e. The first-order valence-corrected chi connectivity index (χ1v) is 14.1. The van der Waals surface area contributed by atoms with Crippen LogP contribution in [0, 0.1) is 11.8 Å². The van der Waals surface area contributed by atoms with E-state index in [1.807, 2.05) is 0 Å². The van der Waals surface area contributed by atoms with Gasteiger partial charge in [0.05, 0.1) is 11.6 Å². The van der Waals surface area contributed by atoms with E-state index in [1.54, 1.807) is 19.0 Å². The van der Waals surface area contributed by atoms with Gasteiger partial charge in [-0.25, -0.2) is 0 Å². The van der Waals surface area contributed by atoms with Gasteiger partial charge in [-0.2, -0.15) is 0 Å². The van der Waals surface area contributed by atoms with Crippen LogP contribution in [0.5, 0.6) is 0 Å². The molecule has 212 valence electrons. The van der Waals surface area contributed by atoms with Crippen LogP contribution < -0.4 is 11.1 Å². The van der Waals surface area contributed by atoms with E-state index in [2.05, 4.69) is 17.3 Å². The number of amides is 1. The maximum atomic E-state index is 14.0. The summed E-state index contributed by atoms with van der Waals surface area (Å²) in [4.78, 5) is 43.9. The first-order valence-electron chi connectivity index (χ1n) is 13.3. The van der Waals surface area contributed by atoms with E-state index in [0.717, 1.165) is 37.2 Å². The zero-order valence-corrected chi connectivity index (χ0v) is 24.4. The fourth-order valence-electron chi connectivity index (χ4n) is 7.15. The zero-order chi connectivity index (χ0) is 28.4. The molecule has 11 nitrogen and oxygen atoms in total. The van der Waals surface area contributed by atoms with Gasteiger partial charge in [-0.3, -0.25) is 22.3 Å². The molecule has 4 atom stereocenters. The lowest BCUT2D eigenvalue weighted by Gasteiger charge is -2.51. The Balaban J connectivity index is 1.62. The average Bonchev–Trinajstić information content (AvgIpc) is 2.86. The van der Waals surface area contributed by atoms with Gasteiger partial charge in [0.15, 0.2) is 5.78 Å². The number of nitrogens with zero attached hydrogens (tertiary/aromatic N) is 2. The van der Waals surface area contributed by atoms with Crippen LogP contribution in [-0.4, -0.2) is 94.5 Å². The molecule has 0 aromatic carbocycles. The molecule has 1 saturated carbocycles. The van der Waals surface area contributed by atoms with Crippen molar-refractivity contribution < 1.29 is 32.8 Å². The number of carbonyl (C=O) groups is 3. The van der Waals surface area contributed by atoms with Crippen LogP contribution in [0.25, 0.3) is 0 Å². The number of aliphatic hydroxyl groups is 3. The Bertz CT molecular complexity index is 1260. The predicted molar refractivity (Wildman–Crippen MR) is 150 cm³/mol. The highest BCUT2D eigenvalue weighted by Gasteiger charge is 2.65. The summed E-state index contributed by atoms with van der Waals surface area (Å²) in [6, 6.07) is -0.610. The molecule has 0 radical (unpaired) electrons. The van der Waals surface area contributed by atoms with Crippen molar-refractivity contribution in [2.45, 2.75) is 56.2 Å². The molecule has 0 spiro atoms. The summed E-state index contributed by atoms with van der Waals surface area (Å²) >= 11 is 1.50. The summed E-state index contributed by atoms with van der Waals surface area (Å²) in [5.74, 6) is -5.05. The third kappa shape index (κ3) is 4.21. The molecule has 4 aliphatic carbocycles. The Morgan fingerprint density at radius 1 is 1.18 bits per heavy atom. The van der Waals surface area contributed by atoms with Gasteiger partial charge in [0.1, 0.15) is 45.9 Å². The van der Waals surface area contributed by atoms with Crippen LogP contribution in [0.3, 0.4) is 0 Å². The standard InChI is InChI=1S/C27H35IN4O7/c1-31(2)21-15-11-12-10-14-16(30-13-6-8-32(3)9-7-13)4-5-17(33)19(14)22(34)18(12)24(36)27(15,39-28)25(37)20(23(21)35)26(29)38/h12-13,15,21,30,33,35-36H,4-11H2,1-3H3,(H2,29,38)/t12-,15-,21-,27-/m0/s1. The Kier molecular flexibility index (Phi) is 7.36. The Morgan fingerprint density at radius 2 is 1.85 bits per heavy atom. The zero-order valence-electron chi connectivity index (χ0n) is 22.3. The topological polar surface area (TPSA) is 166 Å². The van der Waals surface area contributed by atoms with Gasteiger partial charge in [-0.05, 0) is 77.8 Å². The molecule has 39 heavy (non-hydrogen) atoms. The van der Waals surface area contributed by atoms with Gasteiger partial charge in [0.25, 0.3) is 5.91 Å². The number of likely N-dealkylation sites (N-methyl/N-ethyl adjacent to an activating group) is 1. The maximum absolute atomic E-state index is 14.0. The summed E-state index contributed by atoms with van der Waals surface area (Å²) in [6.45, 7) is 1.95. The number of nitrogens with one attached hydrogen (secondary N) is 1. The van der Waals surface area contributed by atoms with E-state index < -0.39 is 58.0 Å². The van der Waals surface area contributed by atoms with Crippen LogP contribution in [0.15, 0.2) is 45.3 Å². The van der Waals surface area contributed by atoms with Gasteiger partial charge in [-0.15, -0.1) is 0 Å². The highest BCUT2D eigenvalue weighted by atomic mass is 127. The second-order valence-corrected chi connectivity index (χ2v) is 12.0. The predicted octanol–water partition coefficient (Wildman–Crippen LogP) is 1.87. The molecule has 12 heteroatoms. The van der Waals surface area contributed by atoms with Crippen molar-refractivity contribution in [3.63, 3.8) is 0 Å². The molecule has 1 saturated heterocycles. The van der Waals surface area contributed by atoms with E-state index in [9.17, 15) is 29.7 Å². The first-order chi connectivity index (χ1) is 18.4. The van der Waals surface area contributed by atoms with Gasteiger partial charge in [0, 0.05) is 29.7 Å². The van der Waals surface area contributed by atoms with Crippen LogP contribution in [0.1, 0.15) is 38.5 Å². The first kappa shape index (κ1) is 28.1. The van der Waals surface area contributed by atoms with Crippen LogP contribution in [0.2, 0.25) is 0 Å². The summed E-state index contributed by atoms with van der Waals surface area (Å²) < 4.78 is 5.68. The second kappa shape index (κ2) is 10.2. The fraction of sp³-hybridized carbons (Fsp3) is 0.593. The van der Waals surface area contributed by atoms with Crippen LogP contribution >= 0.6 is 23.0 Å². The molecule has 1 heterocycles. The number of aliphatic hydroxyl groups excluding tert-OH is 3. The van der Waals surface area contributed by atoms with E-state index in [4.69, 9.17) is 8.80 Å². The third-order valence-electron chi connectivity index (χ3n) is 9.07. The summed E-state index contributed by atoms with van der Waals surface area (Å²) in [7, 11) is 5.46. The van der Waals surface area contributed by atoms with Gasteiger partial charge >= 0.3 is 0 Å². The number of halogens is 1. The third-order valence-corrected chi connectivity index (χ3v) is 9.76. The van der Waals surface area contributed by atoms with Gasteiger partial charge < -0.3 is 31.3 Å². The van der Waals surface area contributed by atoms with Gasteiger partial charge in [-0.1, -0.05) is 0 Å². The Hall–Kier alpha value is -2.42. The summed E-state index contributed by atoms with van der Waals surface area (Å²) in [5, 5.41) is 37.2. The van der Waals surface area contributed by atoms with Crippen molar-refractivity contribution in [3.8, 4) is 0 Å². The molecule has 2 fully saturated rings. The molecule has 0 unspecified atom stereocenters. The quantitative estimate of drug-likeness (QED) is 0.218. The monoisotopic (exact) mass is 654 g/mol. The van der Waals surface area contributed by atoms with E-state index in [0.29, 0.717) is 19.3 Å². The van der Waals surface area contributed by atoms with Crippen molar-refractivity contribution >= 4 is 40.5 Å². The van der Waals surface area contributed by atoms with Crippen molar-refractivity contribution in [2.24, 2.45) is 17.6 Å². The Labute approximate surface area is 241 Å². The number of Topliss-reactive ketones (excluding diaryl/α,β-unsaturated/α-hetero) is 2. The number of likely N-dealkylation sites (tertiary alicyclic amines) is 1. The molecular formula is C27H35IN4O7. The summed E-state index contributed by atoms with van der Waals surface area (Å²) in [6.07, 6.45) is 3.40. The number of rotatable bonds is 5. The number of primary amides is 1. The number of ketones is 2. The number of nitrogens with two attached hydrogens (primary N) is 1. The number of fused-ring (bicyclic) bond motifs is 3. The second-order valence-electron chi connectivity index (χ2n) is 11.5. The van der Waals surface area contributed by atoms with Crippen molar-refractivity contribution in [2.75, 3.05) is 34.2 Å². The fourth-order valence-corrected chi connectivity index (χ4v) is 7.89. The molecule has 0 aromatic heterocycles. The normalized spacial score (nSPS) is 32.5. The molecule has 5 aliphatic rings. The lowest BCUT2D eigenvalue weighted by Crippen LogP contribution is -2.64. The number of carbonyl (C=O) groups excluding carboxylic acids is 3. The molecule has 5 rings (SSSR count). The average molecular weight is 655 g/mol. The lowest BCUT2D eigenvalue weighted by molar-refractivity contribution is -0.140. The van der Waals surface area contributed by atoms with Crippen molar-refractivity contribution in [3.05, 3.63) is 45.3 Å². The molecule has 1 amide bonds. The SMILES string of the molecule is CN1CCC(NC2=C3C[C@H]4C[C@H]5[C@H](N(C)C)C(O)=C(C(N)=O)C(=O)[C@@]5(OI)C(O)=C4C(=O)C3=C(O)CC2)CC1. The molecule has 0 aromatic rings. The lowest BCUT2D eigenvalue weighted by atomic mass is 9.57. The molecular weight excluding hydrogens is 619 g/mol. The molecule has 1 aliphatic heterocycles. The van der Waals surface area contributed by atoms with E-state index in [-0.39, 0.29) is 29.4 Å². The van der Waals surface area contributed by atoms with E-state index >= 15 is 0 Å². The van der Waals surface area contributed by atoms with Crippen molar-refractivity contribution in [1.82, 2.24) is 15.1 Å². The highest BCUT2D eigenvalue weighted by molar-refractivity contribution is 14.1. The number of allylic oxidation sites excluding steroid dienone is 5. The minimum Gasteiger partial charge on any atom is -0.512 e. The number of hydrogen-bond acceptors (Lipinski definition) is 10. The van der Waals surface area contributed by atoms with Crippen molar-refractivity contribution in [1.29, 1.82) is 0 Å². The van der Waals surface area contributed by atoms with Gasteiger partial charge in [0.2, 0.25) is 11.4 Å². The highest BCUT2D eigenvalue weighted by Crippen LogP contribution is 2.55. The minimum absolute atomic E-state index is 0.00447. The largest absolute Gasteiger partial charge is 0.512 e. The number of hydrogen-bond donors (Lipinski definition) is 5. The Morgan fingerprint density at radius 3 is 2.44 bits per heavy atom.